The minimum Gasteiger partial charge on any atom is -0.272 e. The third-order valence-electron chi connectivity index (χ3n) is 2.92. The van der Waals surface area contributed by atoms with Gasteiger partial charge in [-0.05, 0) is 18.2 Å². The molecule has 0 unspecified atom stereocenters. The van der Waals surface area contributed by atoms with Crippen molar-refractivity contribution in [2.75, 3.05) is 5.75 Å². The maximum Gasteiger partial charge on any atom is 0.250 e. The van der Waals surface area contributed by atoms with Crippen LogP contribution in [-0.4, -0.2) is 33.1 Å². The van der Waals surface area contributed by atoms with Crippen molar-refractivity contribution in [2.45, 2.75) is 4.34 Å². The molecule has 0 aliphatic carbocycles. The van der Waals surface area contributed by atoms with Crippen LogP contribution in [0.15, 0.2) is 58.1 Å². The van der Waals surface area contributed by atoms with E-state index in [2.05, 4.69) is 25.7 Å². The van der Waals surface area contributed by atoms with Gasteiger partial charge in [-0.3, -0.25) is 9.78 Å². The largest absolute Gasteiger partial charge is 0.272 e. The van der Waals surface area contributed by atoms with Crippen LogP contribution < -0.4 is 5.43 Å². The van der Waals surface area contributed by atoms with Crippen LogP contribution in [0.4, 0.5) is 4.39 Å². The van der Waals surface area contributed by atoms with Gasteiger partial charge in [0.15, 0.2) is 9.35 Å². The van der Waals surface area contributed by atoms with Crippen molar-refractivity contribution in [1.29, 1.82) is 0 Å². The molecule has 126 valence electrons. The van der Waals surface area contributed by atoms with Gasteiger partial charge in [0.25, 0.3) is 5.91 Å². The van der Waals surface area contributed by atoms with Gasteiger partial charge in [0, 0.05) is 11.8 Å². The van der Waals surface area contributed by atoms with Crippen LogP contribution in [0, 0.1) is 5.82 Å². The van der Waals surface area contributed by atoms with E-state index in [1.165, 1.54) is 35.4 Å². The molecule has 2 heterocycles. The molecule has 6 nitrogen and oxygen atoms in total. The number of carbonyl (C=O) groups excluding carboxylic acids is 1. The molecule has 25 heavy (non-hydrogen) atoms. The molecule has 0 fully saturated rings. The Balaban J connectivity index is 1.50. The number of hydrogen-bond donors (Lipinski definition) is 1. The molecule has 0 saturated carbocycles. The van der Waals surface area contributed by atoms with Gasteiger partial charge in [-0.2, -0.15) is 5.10 Å². The highest BCUT2D eigenvalue weighted by molar-refractivity contribution is 8.01. The molecule has 0 spiro atoms. The van der Waals surface area contributed by atoms with Gasteiger partial charge in [0.2, 0.25) is 0 Å². The van der Waals surface area contributed by atoms with Gasteiger partial charge < -0.3 is 0 Å². The van der Waals surface area contributed by atoms with Gasteiger partial charge in [-0.15, -0.1) is 10.2 Å². The number of rotatable bonds is 6. The van der Waals surface area contributed by atoms with Gasteiger partial charge >= 0.3 is 0 Å². The first kappa shape index (κ1) is 17.2. The van der Waals surface area contributed by atoms with Crippen molar-refractivity contribution in [3.63, 3.8) is 0 Å². The second-order valence-electron chi connectivity index (χ2n) is 4.69. The van der Waals surface area contributed by atoms with Gasteiger partial charge in [0.05, 0.1) is 12.0 Å². The zero-order valence-corrected chi connectivity index (χ0v) is 14.4. The van der Waals surface area contributed by atoms with Crippen LogP contribution in [0.1, 0.15) is 5.56 Å². The van der Waals surface area contributed by atoms with Crippen molar-refractivity contribution >= 4 is 35.2 Å². The molecule has 3 rings (SSSR count). The maximum atomic E-state index is 13.4. The van der Waals surface area contributed by atoms with Crippen LogP contribution in [0.25, 0.3) is 10.7 Å². The minimum absolute atomic E-state index is 0.130. The van der Waals surface area contributed by atoms with Crippen LogP contribution >= 0.6 is 23.1 Å². The van der Waals surface area contributed by atoms with Crippen molar-refractivity contribution in [3.8, 4) is 10.7 Å². The van der Waals surface area contributed by atoms with E-state index in [-0.39, 0.29) is 11.7 Å². The number of hydrazone groups is 1. The number of carbonyl (C=O) groups is 1. The molecular weight excluding hydrogens is 361 g/mol. The van der Waals surface area contributed by atoms with E-state index in [9.17, 15) is 9.18 Å². The lowest BCUT2D eigenvalue weighted by Gasteiger charge is -1.98. The third-order valence-corrected chi connectivity index (χ3v) is 4.99. The minimum atomic E-state index is -0.397. The molecule has 2 aromatic heterocycles. The summed E-state index contributed by atoms with van der Waals surface area (Å²) in [6.07, 6.45) is 2.95. The SMILES string of the molecule is O=C(CSc1nnc(-c2ccccn2)s1)N/N=C\c1ccccc1F. The van der Waals surface area contributed by atoms with Gasteiger partial charge in [-0.25, -0.2) is 9.82 Å². The monoisotopic (exact) mass is 373 g/mol. The molecule has 1 aromatic carbocycles. The summed E-state index contributed by atoms with van der Waals surface area (Å²) in [7, 11) is 0. The van der Waals surface area contributed by atoms with Gasteiger partial charge in [-0.1, -0.05) is 47.4 Å². The Morgan fingerprint density at radius 1 is 1.24 bits per heavy atom. The van der Waals surface area contributed by atoms with E-state index in [1.807, 2.05) is 18.2 Å². The smallest absolute Gasteiger partial charge is 0.250 e. The van der Waals surface area contributed by atoms with Crippen LogP contribution in [0.2, 0.25) is 0 Å². The van der Waals surface area contributed by atoms with E-state index >= 15 is 0 Å². The zero-order chi connectivity index (χ0) is 17.5. The summed E-state index contributed by atoms with van der Waals surface area (Å²) in [6, 6.07) is 11.7. The molecular formula is C16H12FN5OS2. The molecule has 0 aliphatic heterocycles. The number of aromatic nitrogens is 3. The molecule has 9 heteroatoms. The normalized spacial score (nSPS) is 10.9. The summed E-state index contributed by atoms with van der Waals surface area (Å²) in [5.74, 6) is -0.580. The summed E-state index contributed by atoms with van der Waals surface area (Å²) >= 11 is 2.61. The van der Waals surface area contributed by atoms with Crippen LogP contribution in [0.5, 0.6) is 0 Å². The number of thioether (sulfide) groups is 1. The number of benzene rings is 1. The standard InChI is InChI=1S/C16H12FN5OS2/c17-12-6-2-1-5-11(12)9-19-20-14(23)10-24-16-22-21-15(25-16)13-7-3-4-8-18-13/h1-9H,10H2,(H,20,23)/b19-9-. The molecule has 0 atom stereocenters. The highest BCUT2D eigenvalue weighted by atomic mass is 32.2. The lowest BCUT2D eigenvalue weighted by atomic mass is 10.2. The third kappa shape index (κ3) is 4.91. The number of nitrogens with zero attached hydrogens (tertiary/aromatic N) is 4. The molecule has 3 aromatic rings. The summed E-state index contributed by atoms with van der Waals surface area (Å²) < 4.78 is 14.1. The molecule has 0 aliphatic rings. The first-order chi connectivity index (χ1) is 12.2. The quantitative estimate of drug-likeness (QED) is 0.408. The average molecular weight is 373 g/mol. The van der Waals surface area contributed by atoms with E-state index in [0.717, 1.165) is 5.69 Å². The van der Waals surface area contributed by atoms with Crippen molar-refractivity contribution in [1.82, 2.24) is 20.6 Å². The molecule has 0 saturated heterocycles. The van der Waals surface area contributed by atoms with Gasteiger partial charge in [0.1, 0.15) is 11.5 Å². The molecule has 0 bridgehead atoms. The highest BCUT2D eigenvalue weighted by Gasteiger charge is 2.09. The average Bonchev–Trinajstić information content (AvgIpc) is 3.11. The number of halogens is 1. The Labute approximate surface area is 151 Å². The highest BCUT2D eigenvalue weighted by Crippen LogP contribution is 2.27. The summed E-state index contributed by atoms with van der Waals surface area (Å²) in [5.41, 5.74) is 3.40. The van der Waals surface area contributed by atoms with Crippen LogP contribution in [-0.2, 0) is 4.79 Å². The summed E-state index contributed by atoms with van der Waals surface area (Å²) in [5, 5.41) is 12.5. The summed E-state index contributed by atoms with van der Waals surface area (Å²) in [6.45, 7) is 0. The van der Waals surface area contributed by atoms with Crippen molar-refractivity contribution in [3.05, 3.63) is 60.0 Å². The van der Waals surface area contributed by atoms with Crippen molar-refractivity contribution < 1.29 is 9.18 Å². The van der Waals surface area contributed by atoms with Crippen LogP contribution in [0.3, 0.4) is 0 Å². The fraction of sp³-hybridized carbons (Fsp3) is 0.0625. The van der Waals surface area contributed by atoms with Crippen molar-refractivity contribution in [2.24, 2.45) is 5.10 Å². The number of hydrogen-bond acceptors (Lipinski definition) is 7. The predicted octanol–water partition coefficient (Wildman–Crippen LogP) is 2.98. The topological polar surface area (TPSA) is 80.1 Å². The first-order valence-electron chi connectivity index (χ1n) is 7.16. The molecule has 1 amide bonds. The lowest BCUT2D eigenvalue weighted by molar-refractivity contribution is -0.118. The number of pyridine rings is 1. The Morgan fingerprint density at radius 3 is 2.88 bits per heavy atom. The van der Waals surface area contributed by atoms with E-state index in [4.69, 9.17) is 0 Å². The predicted molar refractivity (Wildman–Crippen MR) is 96.0 cm³/mol. The maximum absolute atomic E-state index is 13.4. The Hall–Kier alpha value is -2.65. The fourth-order valence-electron chi connectivity index (χ4n) is 1.77. The number of nitrogens with one attached hydrogen (secondary N) is 1. The van der Waals surface area contributed by atoms with E-state index < -0.39 is 5.82 Å². The second-order valence-corrected chi connectivity index (χ2v) is 6.89. The van der Waals surface area contributed by atoms with E-state index in [1.54, 1.807) is 24.4 Å². The first-order valence-corrected chi connectivity index (χ1v) is 8.97. The Bertz CT molecular complexity index is 885. The second kappa shape index (κ2) is 8.45. The fourth-order valence-corrected chi connectivity index (χ4v) is 3.40. The number of amides is 1. The molecule has 0 radical (unpaired) electrons. The Morgan fingerprint density at radius 2 is 2.08 bits per heavy atom. The zero-order valence-electron chi connectivity index (χ0n) is 12.8. The Kier molecular flexibility index (Phi) is 5.81. The lowest BCUT2D eigenvalue weighted by Crippen LogP contribution is -2.19. The molecule has 1 N–H and O–H groups in total. The van der Waals surface area contributed by atoms with E-state index in [0.29, 0.717) is 14.9 Å². The summed E-state index contributed by atoms with van der Waals surface area (Å²) in [4.78, 5) is 16.0.